The summed E-state index contributed by atoms with van der Waals surface area (Å²) in [5, 5.41) is 1.10. The number of nitrogens with one attached hydrogen (secondary N) is 1. The van der Waals surface area contributed by atoms with Gasteiger partial charge in [0.1, 0.15) is 6.54 Å². The van der Waals surface area contributed by atoms with Gasteiger partial charge in [-0.05, 0) is 41.8 Å². The SMILES string of the molecule is Cc1c(Br)c2ccccc2n1CC(=O)NO[C@H]1CCCCO1. The number of fused-ring (bicyclic) bond motifs is 1. The second kappa shape index (κ2) is 6.81. The van der Waals surface area contributed by atoms with Crippen LogP contribution in [-0.4, -0.2) is 23.4 Å². The smallest absolute Gasteiger partial charge is 0.263 e. The highest BCUT2D eigenvalue weighted by atomic mass is 79.9. The molecule has 6 heteroatoms. The van der Waals surface area contributed by atoms with E-state index in [0.717, 1.165) is 40.3 Å². The van der Waals surface area contributed by atoms with Crippen LogP contribution in [-0.2, 0) is 20.9 Å². The minimum absolute atomic E-state index is 0.189. The number of aromatic nitrogens is 1. The van der Waals surface area contributed by atoms with Crippen molar-refractivity contribution < 1.29 is 14.4 Å². The van der Waals surface area contributed by atoms with Crippen LogP contribution in [0.4, 0.5) is 0 Å². The Balaban J connectivity index is 1.67. The number of amides is 1. The number of hydroxylamine groups is 1. The maximum atomic E-state index is 12.1. The zero-order valence-electron chi connectivity index (χ0n) is 12.5. The van der Waals surface area contributed by atoms with Crippen molar-refractivity contribution in [3.05, 3.63) is 34.4 Å². The maximum Gasteiger partial charge on any atom is 0.263 e. The summed E-state index contributed by atoms with van der Waals surface area (Å²) in [6, 6.07) is 7.99. The highest BCUT2D eigenvalue weighted by Crippen LogP contribution is 2.30. The highest BCUT2D eigenvalue weighted by molar-refractivity contribution is 9.10. The third kappa shape index (κ3) is 3.19. The molecule has 0 saturated carbocycles. The van der Waals surface area contributed by atoms with Gasteiger partial charge in [0.15, 0.2) is 6.29 Å². The normalized spacial score (nSPS) is 18.5. The minimum Gasteiger partial charge on any atom is -0.350 e. The minimum atomic E-state index is -0.327. The number of para-hydroxylation sites is 1. The first-order valence-corrected chi connectivity index (χ1v) is 8.25. The van der Waals surface area contributed by atoms with Crippen LogP contribution >= 0.6 is 15.9 Å². The number of hydrogen-bond donors (Lipinski definition) is 1. The van der Waals surface area contributed by atoms with Crippen molar-refractivity contribution in [2.75, 3.05) is 6.61 Å². The molecule has 0 radical (unpaired) electrons. The molecular formula is C16H19BrN2O3. The van der Waals surface area contributed by atoms with Crippen LogP contribution < -0.4 is 5.48 Å². The Bertz CT molecular complexity index is 677. The van der Waals surface area contributed by atoms with E-state index in [1.165, 1.54) is 0 Å². The zero-order valence-corrected chi connectivity index (χ0v) is 14.1. The highest BCUT2D eigenvalue weighted by Gasteiger charge is 2.17. The summed E-state index contributed by atoms with van der Waals surface area (Å²) >= 11 is 3.59. The molecule has 1 aliphatic heterocycles. The van der Waals surface area contributed by atoms with Crippen LogP contribution in [0.3, 0.4) is 0 Å². The molecule has 1 fully saturated rings. The molecule has 22 heavy (non-hydrogen) atoms. The number of ether oxygens (including phenoxy) is 1. The van der Waals surface area contributed by atoms with Crippen molar-refractivity contribution in [3.63, 3.8) is 0 Å². The van der Waals surface area contributed by atoms with Crippen LogP contribution in [0.15, 0.2) is 28.7 Å². The van der Waals surface area contributed by atoms with Crippen molar-refractivity contribution >= 4 is 32.7 Å². The zero-order chi connectivity index (χ0) is 15.5. The molecule has 1 saturated heterocycles. The van der Waals surface area contributed by atoms with E-state index >= 15 is 0 Å². The van der Waals surface area contributed by atoms with E-state index in [1.807, 2.05) is 35.8 Å². The number of benzene rings is 1. The van der Waals surface area contributed by atoms with Crippen LogP contribution in [0.5, 0.6) is 0 Å². The summed E-state index contributed by atoms with van der Waals surface area (Å²) in [5.74, 6) is -0.189. The molecule has 5 nitrogen and oxygen atoms in total. The Labute approximate surface area is 137 Å². The fraction of sp³-hybridized carbons (Fsp3) is 0.438. The van der Waals surface area contributed by atoms with Gasteiger partial charge in [0, 0.05) is 34.1 Å². The molecule has 2 aromatic rings. The van der Waals surface area contributed by atoms with Gasteiger partial charge in [0.2, 0.25) is 0 Å². The van der Waals surface area contributed by atoms with Crippen LogP contribution in [0.1, 0.15) is 25.0 Å². The predicted octanol–water partition coefficient (Wildman–Crippen LogP) is 3.29. The Morgan fingerprint density at radius 3 is 3.05 bits per heavy atom. The first-order chi connectivity index (χ1) is 10.7. The number of hydrogen-bond acceptors (Lipinski definition) is 3. The summed E-state index contributed by atoms with van der Waals surface area (Å²) in [6.45, 7) is 2.89. The Kier molecular flexibility index (Phi) is 4.81. The predicted molar refractivity (Wildman–Crippen MR) is 87.2 cm³/mol. The standard InChI is InChI=1S/C16H19BrN2O3/c1-11-16(17)12-6-2-3-7-13(12)19(11)10-14(20)18-22-15-8-4-5-9-21-15/h2-3,6-7,15H,4-5,8-10H2,1H3,(H,18,20)/t15-/m0/s1. The molecular weight excluding hydrogens is 348 g/mol. The van der Waals surface area contributed by atoms with Gasteiger partial charge in [-0.15, -0.1) is 0 Å². The Morgan fingerprint density at radius 2 is 2.27 bits per heavy atom. The third-order valence-corrected chi connectivity index (χ3v) is 4.90. The Hall–Kier alpha value is -1.37. The first kappa shape index (κ1) is 15.5. The van der Waals surface area contributed by atoms with Crippen molar-refractivity contribution in [1.82, 2.24) is 10.0 Å². The van der Waals surface area contributed by atoms with E-state index in [2.05, 4.69) is 21.4 Å². The lowest BCUT2D eigenvalue weighted by molar-refractivity contribution is -0.200. The van der Waals surface area contributed by atoms with Crippen LogP contribution in [0.25, 0.3) is 10.9 Å². The number of carbonyl (C=O) groups is 1. The number of halogens is 1. The molecule has 1 N–H and O–H groups in total. The molecule has 1 atom stereocenters. The molecule has 1 aromatic carbocycles. The number of carbonyl (C=O) groups excluding carboxylic acids is 1. The van der Waals surface area contributed by atoms with E-state index in [-0.39, 0.29) is 18.7 Å². The number of nitrogens with zero attached hydrogens (tertiary/aromatic N) is 1. The summed E-state index contributed by atoms with van der Waals surface area (Å²) in [5.41, 5.74) is 4.54. The Morgan fingerprint density at radius 1 is 1.45 bits per heavy atom. The van der Waals surface area contributed by atoms with Gasteiger partial charge >= 0.3 is 0 Å². The molecule has 2 heterocycles. The van der Waals surface area contributed by atoms with Gasteiger partial charge in [-0.1, -0.05) is 18.2 Å². The van der Waals surface area contributed by atoms with Crippen molar-refractivity contribution in [3.8, 4) is 0 Å². The molecule has 118 valence electrons. The average molecular weight is 367 g/mol. The second-order valence-corrected chi connectivity index (χ2v) is 6.23. The second-order valence-electron chi connectivity index (χ2n) is 5.44. The monoisotopic (exact) mass is 366 g/mol. The van der Waals surface area contributed by atoms with Crippen LogP contribution in [0, 0.1) is 6.92 Å². The van der Waals surface area contributed by atoms with Gasteiger partial charge in [0.05, 0.1) is 0 Å². The lowest BCUT2D eigenvalue weighted by Gasteiger charge is -2.22. The van der Waals surface area contributed by atoms with E-state index in [4.69, 9.17) is 9.57 Å². The molecule has 1 amide bonds. The van der Waals surface area contributed by atoms with Gasteiger partial charge in [-0.25, -0.2) is 10.3 Å². The molecule has 1 aromatic heterocycles. The molecule has 0 bridgehead atoms. The van der Waals surface area contributed by atoms with Gasteiger partial charge in [-0.2, -0.15) is 0 Å². The lowest BCUT2D eigenvalue weighted by Crippen LogP contribution is -2.35. The fourth-order valence-corrected chi connectivity index (χ4v) is 3.25. The number of rotatable bonds is 4. The molecule has 0 spiro atoms. The topological polar surface area (TPSA) is 52.5 Å². The summed E-state index contributed by atoms with van der Waals surface area (Å²) in [6.07, 6.45) is 2.61. The van der Waals surface area contributed by atoms with E-state index in [9.17, 15) is 4.79 Å². The molecule has 0 aliphatic carbocycles. The molecule has 0 unspecified atom stereocenters. The van der Waals surface area contributed by atoms with Gasteiger partial charge in [0.25, 0.3) is 5.91 Å². The first-order valence-electron chi connectivity index (χ1n) is 7.46. The maximum absolute atomic E-state index is 12.1. The largest absolute Gasteiger partial charge is 0.350 e. The summed E-state index contributed by atoms with van der Waals surface area (Å²) < 4.78 is 8.42. The quantitative estimate of drug-likeness (QED) is 0.844. The molecule has 3 rings (SSSR count). The van der Waals surface area contributed by atoms with E-state index < -0.39 is 0 Å². The summed E-state index contributed by atoms with van der Waals surface area (Å²) in [7, 11) is 0. The third-order valence-electron chi connectivity index (χ3n) is 3.90. The van der Waals surface area contributed by atoms with Gasteiger partial charge in [-0.3, -0.25) is 4.79 Å². The van der Waals surface area contributed by atoms with Crippen molar-refractivity contribution in [1.29, 1.82) is 0 Å². The van der Waals surface area contributed by atoms with Crippen molar-refractivity contribution in [2.45, 2.75) is 39.0 Å². The van der Waals surface area contributed by atoms with Crippen LogP contribution in [0.2, 0.25) is 0 Å². The van der Waals surface area contributed by atoms with Crippen molar-refractivity contribution in [2.24, 2.45) is 0 Å². The average Bonchev–Trinajstić information content (AvgIpc) is 2.79. The lowest BCUT2D eigenvalue weighted by atomic mass is 10.2. The molecule has 1 aliphatic rings. The van der Waals surface area contributed by atoms with Gasteiger partial charge < -0.3 is 9.30 Å². The fourth-order valence-electron chi connectivity index (χ4n) is 2.70. The van der Waals surface area contributed by atoms with E-state index in [1.54, 1.807) is 0 Å². The van der Waals surface area contributed by atoms with E-state index in [0.29, 0.717) is 6.61 Å². The summed E-state index contributed by atoms with van der Waals surface area (Å²) in [4.78, 5) is 17.5.